The van der Waals surface area contributed by atoms with Gasteiger partial charge >= 0.3 is 0 Å². The van der Waals surface area contributed by atoms with Crippen molar-refractivity contribution in [3.63, 3.8) is 0 Å². The van der Waals surface area contributed by atoms with Gasteiger partial charge < -0.3 is 25.0 Å². The number of amides is 1. The van der Waals surface area contributed by atoms with Crippen LogP contribution in [0.2, 0.25) is 0 Å². The van der Waals surface area contributed by atoms with Gasteiger partial charge in [-0.05, 0) is 66.4 Å². The quantitative estimate of drug-likeness (QED) is 0.233. The molecule has 0 spiro atoms. The van der Waals surface area contributed by atoms with Gasteiger partial charge in [0.1, 0.15) is 5.82 Å². The third kappa shape index (κ3) is 5.93. The van der Waals surface area contributed by atoms with E-state index < -0.39 is 5.91 Å². The molecule has 0 unspecified atom stereocenters. The average molecular weight is 495 g/mol. The third-order valence-corrected chi connectivity index (χ3v) is 6.73. The number of halogens is 1. The molecule has 1 saturated heterocycles. The van der Waals surface area contributed by atoms with Crippen LogP contribution < -0.4 is 20.3 Å². The van der Waals surface area contributed by atoms with E-state index in [1.165, 1.54) is 24.1 Å². The first-order chi connectivity index (χ1) is 17.0. The first-order valence-electron chi connectivity index (χ1n) is 11.2. The van der Waals surface area contributed by atoms with Crippen molar-refractivity contribution in [2.75, 3.05) is 53.6 Å². The Morgan fingerprint density at radius 2 is 1.80 bits per heavy atom. The number of nitrogens with one attached hydrogen (secondary N) is 3. The van der Waals surface area contributed by atoms with E-state index in [2.05, 4.69) is 26.3 Å². The minimum Gasteiger partial charge on any atom is -0.386 e. The van der Waals surface area contributed by atoms with E-state index >= 15 is 0 Å². The SMILES string of the molecule is CNc1cc(SNc2ccc(-c3ccc(F)cc3)c(N3CCOCC3)c2)c(C)cc1NC(=O)C=O. The Morgan fingerprint density at radius 1 is 1.06 bits per heavy atom. The molecule has 0 radical (unpaired) electrons. The maximum Gasteiger partial charge on any atom is 0.288 e. The van der Waals surface area contributed by atoms with Gasteiger partial charge in [0.2, 0.25) is 6.29 Å². The minimum atomic E-state index is -0.698. The lowest BCUT2D eigenvalue weighted by Crippen LogP contribution is -2.36. The molecule has 35 heavy (non-hydrogen) atoms. The molecule has 1 fully saturated rings. The first-order valence-corrected chi connectivity index (χ1v) is 12.0. The Bertz CT molecular complexity index is 1210. The Hall–Kier alpha value is -3.56. The number of hydrogen-bond donors (Lipinski definition) is 3. The molecule has 3 N–H and O–H groups in total. The lowest BCUT2D eigenvalue weighted by atomic mass is 10.0. The molecule has 1 aliphatic heterocycles. The van der Waals surface area contributed by atoms with Crippen LogP contribution in [0, 0.1) is 12.7 Å². The summed E-state index contributed by atoms with van der Waals surface area (Å²) in [6.45, 7) is 4.83. The van der Waals surface area contributed by atoms with Crippen LogP contribution >= 0.6 is 11.9 Å². The molecule has 0 atom stereocenters. The molecular formula is C26H27FN4O3S. The number of anilines is 4. The molecular weight excluding hydrogens is 467 g/mol. The smallest absolute Gasteiger partial charge is 0.288 e. The van der Waals surface area contributed by atoms with Crippen molar-refractivity contribution in [1.29, 1.82) is 0 Å². The van der Waals surface area contributed by atoms with Gasteiger partial charge in [-0.15, -0.1) is 0 Å². The van der Waals surface area contributed by atoms with Crippen molar-refractivity contribution < 1.29 is 18.7 Å². The van der Waals surface area contributed by atoms with Crippen molar-refractivity contribution in [3.05, 3.63) is 66.0 Å². The van der Waals surface area contributed by atoms with E-state index in [9.17, 15) is 14.0 Å². The standard InChI is InChI=1S/C26H27FN4O3S/c1-17-13-23(29-26(33)16-32)22(28-2)15-25(17)35-30-20-7-8-21(18-3-5-19(27)6-4-18)24(14-20)31-9-11-34-12-10-31/h3-8,13-16,28,30H,9-12H2,1-2H3,(H,29,33). The van der Waals surface area contributed by atoms with Crippen molar-refractivity contribution in [2.24, 2.45) is 0 Å². The van der Waals surface area contributed by atoms with Gasteiger partial charge in [-0.3, -0.25) is 9.59 Å². The monoisotopic (exact) mass is 494 g/mol. The molecule has 4 rings (SSSR count). The zero-order valence-electron chi connectivity index (χ0n) is 19.6. The fourth-order valence-corrected chi connectivity index (χ4v) is 4.67. The predicted octanol–water partition coefficient (Wildman–Crippen LogP) is 4.94. The second-order valence-corrected chi connectivity index (χ2v) is 8.91. The average Bonchev–Trinajstić information content (AvgIpc) is 2.89. The number of benzene rings is 3. The topological polar surface area (TPSA) is 82.7 Å². The Morgan fingerprint density at radius 3 is 2.49 bits per heavy atom. The minimum absolute atomic E-state index is 0.251. The van der Waals surface area contributed by atoms with Gasteiger partial charge in [0.25, 0.3) is 5.91 Å². The predicted molar refractivity (Wildman–Crippen MR) is 140 cm³/mol. The van der Waals surface area contributed by atoms with Gasteiger partial charge in [0.05, 0.1) is 24.6 Å². The van der Waals surface area contributed by atoms with E-state index in [1.54, 1.807) is 19.2 Å². The first kappa shape index (κ1) is 24.6. The number of morpholine rings is 1. The van der Waals surface area contributed by atoms with Crippen molar-refractivity contribution >= 4 is 46.9 Å². The van der Waals surface area contributed by atoms with Gasteiger partial charge in [-0.1, -0.05) is 18.2 Å². The normalized spacial score (nSPS) is 13.3. The van der Waals surface area contributed by atoms with E-state index in [1.807, 2.05) is 31.2 Å². The molecule has 1 aliphatic rings. The fourth-order valence-electron chi connectivity index (χ4n) is 3.92. The second-order valence-electron chi connectivity index (χ2n) is 8.06. The molecule has 0 aliphatic carbocycles. The Kier molecular flexibility index (Phi) is 7.89. The number of nitrogens with zero attached hydrogens (tertiary/aromatic N) is 1. The lowest BCUT2D eigenvalue weighted by Gasteiger charge is -2.31. The number of carbonyl (C=O) groups excluding carboxylic acids is 2. The van der Waals surface area contributed by atoms with Gasteiger partial charge in [0.15, 0.2) is 0 Å². The van der Waals surface area contributed by atoms with Crippen molar-refractivity contribution in [3.8, 4) is 11.1 Å². The van der Waals surface area contributed by atoms with Crippen molar-refractivity contribution in [1.82, 2.24) is 0 Å². The largest absolute Gasteiger partial charge is 0.386 e. The number of hydrogen-bond acceptors (Lipinski definition) is 7. The highest BCUT2D eigenvalue weighted by atomic mass is 32.2. The fraction of sp³-hybridized carbons (Fsp3) is 0.231. The van der Waals surface area contributed by atoms with Crippen LogP contribution in [0.3, 0.4) is 0 Å². The zero-order chi connectivity index (χ0) is 24.8. The summed E-state index contributed by atoms with van der Waals surface area (Å²) in [7, 11) is 1.76. The summed E-state index contributed by atoms with van der Waals surface area (Å²) in [5.74, 6) is -0.958. The summed E-state index contributed by atoms with van der Waals surface area (Å²) < 4.78 is 22.4. The van der Waals surface area contributed by atoms with Gasteiger partial charge in [-0.2, -0.15) is 0 Å². The van der Waals surface area contributed by atoms with Crippen LogP contribution in [0.4, 0.5) is 27.1 Å². The van der Waals surface area contributed by atoms with E-state index in [4.69, 9.17) is 4.74 Å². The highest BCUT2D eigenvalue weighted by Crippen LogP contribution is 2.37. The maximum atomic E-state index is 13.5. The number of carbonyl (C=O) groups is 2. The van der Waals surface area contributed by atoms with Crippen LogP contribution in [-0.4, -0.2) is 45.5 Å². The summed E-state index contributed by atoms with van der Waals surface area (Å²) in [4.78, 5) is 25.5. The molecule has 0 saturated carbocycles. The van der Waals surface area contributed by atoms with Crippen LogP contribution in [-0.2, 0) is 14.3 Å². The summed E-state index contributed by atoms with van der Waals surface area (Å²) in [5, 5.41) is 5.64. The molecule has 1 heterocycles. The molecule has 9 heteroatoms. The number of ether oxygens (including phenoxy) is 1. The molecule has 3 aromatic rings. The molecule has 7 nitrogen and oxygen atoms in total. The highest BCUT2D eigenvalue weighted by molar-refractivity contribution is 8.00. The van der Waals surface area contributed by atoms with Crippen LogP contribution in [0.15, 0.2) is 59.5 Å². The maximum absolute atomic E-state index is 13.5. The zero-order valence-corrected chi connectivity index (χ0v) is 20.4. The molecule has 182 valence electrons. The van der Waals surface area contributed by atoms with E-state index in [0.717, 1.165) is 46.1 Å². The lowest BCUT2D eigenvalue weighted by molar-refractivity contribution is -0.127. The summed E-state index contributed by atoms with van der Waals surface area (Å²) in [6.07, 6.45) is 0.251. The van der Waals surface area contributed by atoms with Gasteiger partial charge in [-0.25, -0.2) is 4.39 Å². The molecule has 0 bridgehead atoms. The van der Waals surface area contributed by atoms with Crippen LogP contribution in [0.25, 0.3) is 11.1 Å². The van der Waals surface area contributed by atoms with Crippen molar-refractivity contribution in [2.45, 2.75) is 11.8 Å². The molecule has 0 aromatic heterocycles. The van der Waals surface area contributed by atoms with Crippen LogP contribution in [0.5, 0.6) is 0 Å². The van der Waals surface area contributed by atoms with Gasteiger partial charge in [0, 0.05) is 42.0 Å². The second kappa shape index (κ2) is 11.2. The molecule has 3 aromatic carbocycles. The van der Waals surface area contributed by atoms with E-state index in [-0.39, 0.29) is 12.1 Å². The number of aldehydes is 1. The molecule has 1 amide bonds. The van der Waals surface area contributed by atoms with Crippen LogP contribution in [0.1, 0.15) is 5.56 Å². The Balaban J connectivity index is 1.59. The number of rotatable bonds is 8. The summed E-state index contributed by atoms with van der Waals surface area (Å²) >= 11 is 1.46. The Labute approximate surface area is 208 Å². The summed E-state index contributed by atoms with van der Waals surface area (Å²) in [5.41, 5.74) is 6.16. The highest BCUT2D eigenvalue weighted by Gasteiger charge is 2.17. The number of aryl methyl sites for hydroxylation is 1. The summed E-state index contributed by atoms with van der Waals surface area (Å²) in [6, 6.07) is 16.4. The van der Waals surface area contributed by atoms with E-state index in [0.29, 0.717) is 24.6 Å². The third-order valence-electron chi connectivity index (χ3n) is 5.73.